The van der Waals surface area contributed by atoms with Gasteiger partial charge in [-0.05, 0) is 86.2 Å². The molecule has 2 aromatic carbocycles. The van der Waals surface area contributed by atoms with Gasteiger partial charge in [0.2, 0.25) is 0 Å². The van der Waals surface area contributed by atoms with Crippen molar-refractivity contribution in [2.24, 2.45) is 11.1 Å². The maximum atomic E-state index is 13.4. The van der Waals surface area contributed by atoms with Crippen molar-refractivity contribution >= 4 is 28.0 Å². The summed E-state index contributed by atoms with van der Waals surface area (Å²) in [6.07, 6.45) is 7.38. The van der Waals surface area contributed by atoms with Gasteiger partial charge in [-0.15, -0.1) is 6.58 Å². The van der Waals surface area contributed by atoms with Crippen molar-refractivity contribution in [1.29, 1.82) is 0 Å². The van der Waals surface area contributed by atoms with Crippen LogP contribution in [0.15, 0.2) is 72.0 Å². The maximum absolute atomic E-state index is 13.4. The third kappa shape index (κ3) is 3.98. The number of nitrogens with two attached hydrogens (primary N) is 1. The van der Waals surface area contributed by atoms with Crippen LogP contribution in [0.25, 0.3) is 16.7 Å². The molecule has 2 fully saturated rings. The first-order chi connectivity index (χ1) is 19.0. The predicted octanol–water partition coefficient (Wildman–Crippen LogP) is 5.48. The Labute approximate surface area is 228 Å². The summed E-state index contributed by atoms with van der Waals surface area (Å²) in [6.45, 7) is 8.75. The van der Waals surface area contributed by atoms with Crippen molar-refractivity contribution in [3.05, 3.63) is 88.9 Å². The van der Waals surface area contributed by atoms with Crippen molar-refractivity contribution < 1.29 is 0 Å². The molecule has 3 N–H and O–H groups in total. The molecule has 200 valence electrons. The molecule has 1 atom stereocenters. The van der Waals surface area contributed by atoms with Crippen LogP contribution in [0.1, 0.15) is 49.8 Å². The molecular weight excluding hydrogens is 484 g/mol. The number of aryl methyl sites for hydroxylation is 1. The largest absolute Gasteiger partial charge is 0.370 e. The van der Waals surface area contributed by atoms with E-state index < -0.39 is 0 Å². The Kier molecular flexibility index (Phi) is 5.67. The van der Waals surface area contributed by atoms with Crippen LogP contribution < -0.4 is 21.5 Å². The Bertz CT molecular complexity index is 1620. The molecule has 2 aromatic heterocycles. The highest BCUT2D eigenvalue weighted by atomic mass is 16.1. The van der Waals surface area contributed by atoms with Crippen molar-refractivity contribution in [1.82, 2.24) is 14.3 Å². The van der Waals surface area contributed by atoms with Crippen LogP contribution in [0.4, 0.5) is 17.1 Å². The van der Waals surface area contributed by atoms with Crippen LogP contribution in [0.5, 0.6) is 0 Å². The zero-order valence-corrected chi connectivity index (χ0v) is 22.6. The number of hydrogen-bond donors (Lipinski definition) is 2. The van der Waals surface area contributed by atoms with E-state index in [4.69, 9.17) is 10.7 Å². The highest BCUT2D eigenvalue weighted by Crippen LogP contribution is 2.49. The van der Waals surface area contributed by atoms with Gasteiger partial charge in [0.05, 0.1) is 17.4 Å². The molecule has 7 nitrogen and oxygen atoms in total. The van der Waals surface area contributed by atoms with Crippen LogP contribution in [-0.2, 0) is 13.0 Å². The van der Waals surface area contributed by atoms with Gasteiger partial charge in [-0.25, -0.2) is 14.3 Å². The summed E-state index contributed by atoms with van der Waals surface area (Å²) in [7, 11) is 0. The zero-order valence-electron chi connectivity index (χ0n) is 22.6. The van der Waals surface area contributed by atoms with E-state index in [-0.39, 0.29) is 5.56 Å². The second-order valence-electron chi connectivity index (χ2n) is 11.8. The fourth-order valence-corrected chi connectivity index (χ4v) is 7.08. The van der Waals surface area contributed by atoms with E-state index in [1.165, 1.54) is 16.9 Å². The monoisotopic (exact) mass is 520 g/mol. The number of allylic oxidation sites excluding steroid dienone is 1. The molecule has 1 saturated carbocycles. The summed E-state index contributed by atoms with van der Waals surface area (Å²) in [5.41, 5.74) is 13.0. The van der Waals surface area contributed by atoms with E-state index in [0.29, 0.717) is 29.3 Å². The molecule has 7 heteroatoms. The van der Waals surface area contributed by atoms with Crippen molar-refractivity contribution in [2.75, 3.05) is 23.3 Å². The Morgan fingerprint density at radius 1 is 1.10 bits per heavy atom. The van der Waals surface area contributed by atoms with Crippen LogP contribution >= 0.6 is 0 Å². The summed E-state index contributed by atoms with van der Waals surface area (Å²) in [6, 6.07) is 19.2. The molecule has 0 amide bonds. The summed E-state index contributed by atoms with van der Waals surface area (Å²) in [5, 5.41) is 4.22. The minimum atomic E-state index is -0.0325. The second kappa shape index (κ2) is 9.12. The molecule has 1 aliphatic heterocycles. The summed E-state index contributed by atoms with van der Waals surface area (Å²) >= 11 is 0. The summed E-state index contributed by atoms with van der Waals surface area (Å²) in [5.74, 6) is 1.26. The van der Waals surface area contributed by atoms with Gasteiger partial charge < -0.3 is 16.0 Å². The molecule has 0 bridgehead atoms. The number of nitrogens with zero attached hydrogens (tertiary/aromatic N) is 4. The van der Waals surface area contributed by atoms with E-state index in [9.17, 15) is 4.79 Å². The lowest BCUT2D eigenvalue weighted by atomic mass is 9.61. The molecule has 1 saturated heterocycles. The van der Waals surface area contributed by atoms with Gasteiger partial charge in [-0.2, -0.15) is 0 Å². The zero-order chi connectivity index (χ0) is 26.7. The minimum Gasteiger partial charge on any atom is -0.370 e. The van der Waals surface area contributed by atoms with Gasteiger partial charge in [0.15, 0.2) is 5.82 Å². The molecule has 1 unspecified atom stereocenters. The van der Waals surface area contributed by atoms with Crippen molar-refractivity contribution in [3.8, 4) is 5.82 Å². The minimum absolute atomic E-state index is 0.0325. The lowest BCUT2D eigenvalue weighted by Crippen LogP contribution is -2.65. The molecule has 7 rings (SSSR count). The van der Waals surface area contributed by atoms with Gasteiger partial charge in [0, 0.05) is 53.2 Å². The smallest absolute Gasteiger partial charge is 0.275 e. The quantitative estimate of drug-likeness (QED) is 0.315. The topological polar surface area (TPSA) is 81.1 Å². The van der Waals surface area contributed by atoms with Crippen LogP contribution in [-0.4, -0.2) is 33.5 Å². The third-order valence-electron chi connectivity index (χ3n) is 9.05. The van der Waals surface area contributed by atoms with Crippen LogP contribution in [0.3, 0.4) is 0 Å². The highest BCUT2D eigenvalue weighted by Gasteiger charge is 2.51. The predicted molar refractivity (Wildman–Crippen MR) is 158 cm³/mol. The number of hydrogen-bond acceptors (Lipinski definition) is 5. The van der Waals surface area contributed by atoms with E-state index >= 15 is 0 Å². The number of anilines is 3. The molecule has 0 radical (unpaired) electrons. The Morgan fingerprint density at radius 2 is 1.87 bits per heavy atom. The first-order valence-corrected chi connectivity index (χ1v) is 14.2. The SMILES string of the molecule is C=CCn1c(=O)c2ccc(Nc3ccc(N4CC5(CC(N)C5)C4)cc3)cc2n1-c1ccc2c(n1)C(CC)CC2. The molecule has 3 aliphatic rings. The van der Waals surface area contributed by atoms with Crippen molar-refractivity contribution in [3.63, 3.8) is 0 Å². The number of aromatic nitrogens is 3. The first-order valence-electron chi connectivity index (χ1n) is 14.2. The average molecular weight is 521 g/mol. The number of pyridine rings is 1. The normalized spacial score (nSPS) is 19.6. The molecule has 4 aromatic rings. The maximum Gasteiger partial charge on any atom is 0.275 e. The van der Waals surface area contributed by atoms with Crippen molar-refractivity contribution in [2.45, 2.75) is 57.5 Å². The fraction of sp³-hybridized carbons (Fsp3) is 0.375. The van der Waals surface area contributed by atoms with Gasteiger partial charge in [0.1, 0.15) is 0 Å². The molecule has 3 heterocycles. The van der Waals surface area contributed by atoms with Crippen LogP contribution in [0, 0.1) is 5.41 Å². The van der Waals surface area contributed by atoms with E-state index in [2.05, 4.69) is 60.1 Å². The third-order valence-corrected chi connectivity index (χ3v) is 9.05. The standard InChI is InChI=1S/C32H36N6O/c1-3-15-37-31(39)27-13-10-25(16-28(27)38(37)29-14-7-22-6-5-21(4-2)30(22)35-29)34-24-8-11-26(12-9-24)36-19-32(20-36)17-23(33)18-32/h3,7-14,16,21,23,34H,1,4-6,15,17-20,33H2,2H3. The average Bonchev–Trinajstić information content (AvgIpc) is 3.44. The number of nitrogens with one attached hydrogen (secondary N) is 1. The van der Waals surface area contributed by atoms with E-state index in [1.807, 2.05) is 22.9 Å². The van der Waals surface area contributed by atoms with Gasteiger partial charge in [0.25, 0.3) is 5.56 Å². The number of fused-ring (bicyclic) bond motifs is 2. The first kappa shape index (κ1) is 24.2. The number of rotatable bonds is 7. The highest BCUT2D eigenvalue weighted by molar-refractivity contribution is 5.85. The van der Waals surface area contributed by atoms with Gasteiger partial charge in [-0.1, -0.05) is 19.1 Å². The Morgan fingerprint density at radius 3 is 2.59 bits per heavy atom. The fourth-order valence-electron chi connectivity index (χ4n) is 7.08. The molecule has 1 spiro atoms. The molecule has 39 heavy (non-hydrogen) atoms. The summed E-state index contributed by atoms with van der Waals surface area (Å²) in [4.78, 5) is 20.9. The second-order valence-corrected chi connectivity index (χ2v) is 11.8. The van der Waals surface area contributed by atoms with Gasteiger partial charge in [-0.3, -0.25) is 4.79 Å². The lowest BCUT2D eigenvalue weighted by molar-refractivity contribution is 0.0665. The molecular formula is C32H36N6O. The molecule has 2 aliphatic carbocycles. The summed E-state index contributed by atoms with van der Waals surface area (Å²) < 4.78 is 3.70. The lowest BCUT2D eigenvalue weighted by Gasteiger charge is -2.59. The van der Waals surface area contributed by atoms with Gasteiger partial charge >= 0.3 is 0 Å². The number of benzene rings is 2. The van der Waals surface area contributed by atoms with E-state index in [0.717, 1.165) is 67.9 Å². The Hall–Kier alpha value is -3.84. The van der Waals surface area contributed by atoms with Crippen LogP contribution in [0.2, 0.25) is 0 Å². The van der Waals surface area contributed by atoms with E-state index in [1.54, 1.807) is 10.8 Å². The Balaban J connectivity index is 1.19.